The minimum Gasteiger partial charge on any atom is -0.462 e. The van der Waals surface area contributed by atoms with Gasteiger partial charge in [-0.05, 0) is 12.1 Å². The second-order valence-electron chi connectivity index (χ2n) is 2.37. The van der Waals surface area contributed by atoms with Gasteiger partial charge in [-0.2, -0.15) is 0 Å². The lowest BCUT2D eigenvalue weighted by Gasteiger charge is -1.85. The Balaban J connectivity index is 2.39. The molecular weight excluding hydrogens is 188 g/mol. The summed E-state index contributed by atoms with van der Waals surface area (Å²) < 4.78 is 5.11. The molecule has 0 aromatic carbocycles. The topological polar surface area (TPSA) is 69.1 Å². The maximum atomic E-state index is 10.7. The molecule has 1 amide bonds. The summed E-state index contributed by atoms with van der Waals surface area (Å²) in [5.41, 5.74) is 5.08. The average molecular weight is 194 g/mol. The molecule has 0 saturated carbocycles. The lowest BCUT2D eigenvalue weighted by molar-refractivity contribution is 0.100. The van der Waals surface area contributed by atoms with Crippen molar-refractivity contribution in [3.8, 4) is 10.8 Å². The van der Waals surface area contributed by atoms with Gasteiger partial charge in [-0.15, -0.1) is 11.3 Å². The monoisotopic (exact) mass is 194 g/mol. The first-order valence-corrected chi connectivity index (χ1v) is 4.38. The van der Waals surface area contributed by atoms with E-state index in [0.29, 0.717) is 15.6 Å². The largest absolute Gasteiger partial charge is 0.462 e. The molecule has 66 valence electrons. The Morgan fingerprint density at radius 1 is 1.62 bits per heavy atom. The van der Waals surface area contributed by atoms with Gasteiger partial charge in [0.2, 0.25) is 0 Å². The predicted molar refractivity (Wildman–Crippen MR) is 48.3 cm³/mol. The third-order valence-corrected chi connectivity index (χ3v) is 2.51. The fraction of sp³-hybridized carbons (Fsp3) is 0. The van der Waals surface area contributed by atoms with E-state index < -0.39 is 5.91 Å². The van der Waals surface area contributed by atoms with Crippen molar-refractivity contribution in [2.24, 2.45) is 5.73 Å². The zero-order chi connectivity index (χ0) is 9.26. The third-order valence-electron chi connectivity index (χ3n) is 1.48. The molecule has 5 heteroatoms. The van der Waals surface area contributed by atoms with Gasteiger partial charge >= 0.3 is 0 Å². The number of nitrogens with two attached hydrogens (primary N) is 1. The number of thiazole rings is 1. The summed E-state index contributed by atoms with van der Waals surface area (Å²) in [7, 11) is 0. The molecule has 0 aliphatic rings. The highest BCUT2D eigenvalue weighted by Gasteiger charge is 2.09. The van der Waals surface area contributed by atoms with E-state index in [1.165, 1.54) is 17.5 Å². The van der Waals surface area contributed by atoms with Gasteiger partial charge in [0.25, 0.3) is 5.91 Å². The Kier molecular flexibility index (Phi) is 1.86. The molecule has 0 spiro atoms. The number of aromatic nitrogens is 1. The van der Waals surface area contributed by atoms with E-state index in [2.05, 4.69) is 4.98 Å². The smallest absolute Gasteiger partial charge is 0.260 e. The van der Waals surface area contributed by atoms with Crippen LogP contribution in [0.15, 0.2) is 29.0 Å². The Morgan fingerprint density at radius 2 is 2.46 bits per heavy atom. The number of nitrogens with zero attached hydrogens (tertiary/aromatic N) is 1. The van der Waals surface area contributed by atoms with Crippen molar-refractivity contribution >= 4 is 17.2 Å². The average Bonchev–Trinajstić information content (AvgIpc) is 2.75. The molecule has 0 saturated heterocycles. The van der Waals surface area contributed by atoms with Crippen LogP contribution in [0.5, 0.6) is 0 Å². The van der Waals surface area contributed by atoms with E-state index >= 15 is 0 Å². The Labute approximate surface area is 78.0 Å². The number of hydrogen-bond donors (Lipinski definition) is 1. The quantitative estimate of drug-likeness (QED) is 0.787. The number of primary amides is 1. The van der Waals surface area contributed by atoms with Gasteiger partial charge in [0.1, 0.15) is 4.88 Å². The molecule has 4 nitrogen and oxygen atoms in total. The SMILES string of the molecule is NC(=O)c1cnc(-c2ccco2)s1. The van der Waals surface area contributed by atoms with E-state index in [0.717, 1.165) is 0 Å². The summed E-state index contributed by atoms with van der Waals surface area (Å²) in [6.45, 7) is 0. The van der Waals surface area contributed by atoms with Crippen molar-refractivity contribution < 1.29 is 9.21 Å². The lowest BCUT2D eigenvalue weighted by atomic mass is 10.5. The molecule has 2 rings (SSSR count). The zero-order valence-corrected chi connectivity index (χ0v) is 7.38. The number of rotatable bonds is 2. The summed E-state index contributed by atoms with van der Waals surface area (Å²) in [5.74, 6) is 0.188. The van der Waals surface area contributed by atoms with Crippen LogP contribution < -0.4 is 5.73 Å². The number of amides is 1. The van der Waals surface area contributed by atoms with Crippen molar-refractivity contribution in [2.45, 2.75) is 0 Å². The molecule has 0 aliphatic heterocycles. The molecule has 0 aliphatic carbocycles. The standard InChI is InChI=1S/C8H6N2O2S/c9-7(11)6-4-10-8(13-6)5-2-1-3-12-5/h1-4H,(H2,9,11). The van der Waals surface area contributed by atoms with Gasteiger partial charge in [0, 0.05) is 0 Å². The van der Waals surface area contributed by atoms with Crippen LogP contribution in [-0.2, 0) is 0 Å². The van der Waals surface area contributed by atoms with E-state index in [1.807, 2.05) is 0 Å². The van der Waals surface area contributed by atoms with E-state index in [-0.39, 0.29) is 0 Å². The highest BCUT2D eigenvalue weighted by Crippen LogP contribution is 2.24. The maximum absolute atomic E-state index is 10.7. The first kappa shape index (κ1) is 8.00. The second kappa shape index (κ2) is 3.02. The number of carbonyl (C=O) groups excluding carboxylic acids is 1. The predicted octanol–water partition coefficient (Wildman–Crippen LogP) is 1.50. The van der Waals surface area contributed by atoms with Gasteiger partial charge in [0.05, 0.1) is 12.5 Å². The van der Waals surface area contributed by atoms with Crippen molar-refractivity contribution in [3.63, 3.8) is 0 Å². The lowest BCUT2D eigenvalue weighted by Crippen LogP contribution is -2.08. The number of furan rings is 1. The first-order valence-electron chi connectivity index (χ1n) is 3.57. The third kappa shape index (κ3) is 1.46. The fourth-order valence-corrected chi connectivity index (χ4v) is 1.64. The fourth-order valence-electron chi connectivity index (χ4n) is 0.902. The molecule has 0 bridgehead atoms. The van der Waals surface area contributed by atoms with Crippen molar-refractivity contribution in [3.05, 3.63) is 29.5 Å². The minimum atomic E-state index is -0.463. The van der Waals surface area contributed by atoms with Gasteiger partial charge in [-0.25, -0.2) is 4.98 Å². The van der Waals surface area contributed by atoms with Gasteiger partial charge in [-0.3, -0.25) is 4.79 Å². The maximum Gasteiger partial charge on any atom is 0.260 e. The Hall–Kier alpha value is -1.62. The van der Waals surface area contributed by atoms with Crippen LogP contribution in [0.1, 0.15) is 9.67 Å². The van der Waals surface area contributed by atoms with Gasteiger partial charge in [0.15, 0.2) is 10.8 Å². The summed E-state index contributed by atoms with van der Waals surface area (Å²) in [5, 5.41) is 0.666. The summed E-state index contributed by atoms with van der Waals surface area (Å²) in [6.07, 6.45) is 3.01. The normalized spacial score (nSPS) is 10.2. The molecule has 0 unspecified atom stereocenters. The van der Waals surface area contributed by atoms with Crippen LogP contribution in [0, 0.1) is 0 Å². The molecule has 2 N–H and O–H groups in total. The second-order valence-corrected chi connectivity index (χ2v) is 3.40. The first-order chi connectivity index (χ1) is 6.27. The van der Waals surface area contributed by atoms with Crippen LogP contribution >= 0.6 is 11.3 Å². The summed E-state index contributed by atoms with van der Waals surface area (Å²) in [4.78, 5) is 15.2. The Morgan fingerprint density at radius 3 is 3.00 bits per heavy atom. The minimum absolute atomic E-state index is 0.436. The Bertz CT molecular complexity index is 419. The van der Waals surface area contributed by atoms with E-state index in [1.54, 1.807) is 18.4 Å². The van der Waals surface area contributed by atoms with Crippen molar-refractivity contribution in [1.29, 1.82) is 0 Å². The van der Waals surface area contributed by atoms with Gasteiger partial charge in [-0.1, -0.05) is 0 Å². The number of carbonyl (C=O) groups is 1. The summed E-state index contributed by atoms with van der Waals surface area (Å²) >= 11 is 1.22. The van der Waals surface area contributed by atoms with E-state index in [9.17, 15) is 4.79 Å². The van der Waals surface area contributed by atoms with Crippen LogP contribution in [0.4, 0.5) is 0 Å². The molecule has 2 aromatic rings. The molecule has 0 atom stereocenters. The zero-order valence-electron chi connectivity index (χ0n) is 6.56. The van der Waals surface area contributed by atoms with Crippen LogP contribution in [0.3, 0.4) is 0 Å². The molecule has 2 aromatic heterocycles. The van der Waals surface area contributed by atoms with Crippen LogP contribution in [-0.4, -0.2) is 10.9 Å². The molecule has 13 heavy (non-hydrogen) atoms. The molecule has 0 fully saturated rings. The van der Waals surface area contributed by atoms with Crippen molar-refractivity contribution in [2.75, 3.05) is 0 Å². The number of hydrogen-bond acceptors (Lipinski definition) is 4. The van der Waals surface area contributed by atoms with Crippen LogP contribution in [0.2, 0.25) is 0 Å². The van der Waals surface area contributed by atoms with Crippen molar-refractivity contribution in [1.82, 2.24) is 4.98 Å². The summed E-state index contributed by atoms with van der Waals surface area (Å²) in [6, 6.07) is 3.55. The molecule has 0 radical (unpaired) electrons. The highest BCUT2D eigenvalue weighted by atomic mass is 32.1. The molecule has 2 heterocycles. The van der Waals surface area contributed by atoms with Gasteiger partial charge < -0.3 is 10.2 Å². The van der Waals surface area contributed by atoms with E-state index in [4.69, 9.17) is 10.2 Å². The highest BCUT2D eigenvalue weighted by molar-refractivity contribution is 7.16. The van der Waals surface area contributed by atoms with Crippen LogP contribution in [0.25, 0.3) is 10.8 Å². The molecular formula is C8H6N2O2S.